The van der Waals surface area contributed by atoms with Gasteiger partial charge in [0.2, 0.25) is 0 Å². The summed E-state index contributed by atoms with van der Waals surface area (Å²) in [6, 6.07) is 3.84. The van der Waals surface area contributed by atoms with Gasteiger partial charge in [0.1, 0.15) is 0 Å². The average molecular weight is 311 g/mol. The first-order chi connectivity index (χ1) is 10.0. The van der Waals surface area contributed by atoms with Gasteiger partial charge in [0.25, 0.3) is 0 Å². The number of rotatable bonds is 7. The minimum atomic E-state index is -0.793. The molecule has 1 aliphatic rings. The molecule has 118 valence electrons. The normalized spacial score (nSPS) is 25.9. The van der Waals surface area contributed by atoms with Crippen LogP contribution in [0.2, 0.25) is 0 Å². The van der Waals surface area contributed by atoms with Crippen molar-refractivity contribution in [2.75, 3.05) is 6.54 Å². The van der Waals surface area contributed by atoms with Gasteiger partial charge in [-0.25, -0.2) is 0 Å². The van der Waals surface area contributed by atoms with Gasteiger partial charge in [-0.1, -0.05) is 13.3 Å². The van der Waals surface area contributed by atoms with Gasteiger partial charge in [-0.2, -0.15) is 0 Å². The van der Waals surface area contributed by atoms with E-state index in [-0.39, 0.29) is 6.42 Å². The van der Waals surface area contributed by atoms with E-state index < -0.39 is 11.6 Å². The molecule has 1 aromatic heterocycles. The molecule has 0 aliphatic heterocycles. The second-order valence-corrected chi connectivity index (χ2v) is 7.37. The van der Waals surface area contributed by atoms with E-state index in [9.17, 15) is 9.90 Å². The smallest absolute Gasteiger partial charge is 0.308 e. The summed E-state index contributed by atoms with van der Waals surface area (Å²) < 4.78 is 0. The SMILES string of the molecule is CCC1CCC(O)(CNCc2ccc(CC(=O)O)s2)CC1. The Balaban J connectivity index is 1.74. The minimum absolute atomic E-state index is 0.0903. The summed E-state index contributed by atoms with van der Waals surface area (Å²) in [6.45, 7) is 3.54. The molecule has 0 unspecified atom stereocenters. The number of hydrogen-bond donors (Lipinski definition) is 3. The molecule has 0 spiro atoms. The Hall–Kier alpha value is -0.910. The van der Waals surface area contributed by atoms with Gasteiger partial charge in [0.15, 0.2) is 0 Å². The van der Waals surface area contributed by atoms with E-state index in [1.165, 1.54) is 17.8 Å². The van der Waals surface area contributed by atoms with E-state index in [2.05, 4.69) is 12.2 Å². The van der Waals surface area contributed by atoms with Crippen LogP contribution in [0, 0.1) is 5.92 Å². The highest BCUT2D eigenvalue weighted by Crippen LogP contribution is 2.33. The van der Waals surface area contributed by atoms with Gasteiger partial charge < -0.3 is 15.5 Å². The molecule has 3 N–H and O–H groups in total. The fraction of sp³-hybridized carbons (Fsp3) is 0.688. The predicted molar refractivity (Wildman–Crippen MR) is 84.6 cm³/mol. The highest BCUT2D eigenvalue weighted by Gasteiger charge is 2.32. The Labute approximate surface area is 130 Å². The summed E-state index contributed by atoms with van der Waals surface area (Å²) in [7, 11) is 0. The van der Waals surface area contributed by atoms with Crippen LogP contribution in [-0.2, 0) is 17.8 Å². The number of carbonyl (C=O) groups is 1. The monoisotopic (exact) mass is 311 g/mol. The number of carboxylic acids is 1. The summed E-state index contributed by atoms with van der Waals surface area (Å²) >= 11 is 1.53. The van der Waals surface area contributed by atoms with Gasteiger partial charge in [0.05, 0.1) is 12.0 Å². The van der Waals surface area contributed by atoms with E-state index in [1.807, 2.05) is 12.1 Å². The zero-order valence-corrected chi connectivity index (χ0v) is 13.4. The maximum Gasteiger partial charge on any atom is 0.308 e. The first kappa shape index (κ1) is 16.5. The number of nitrogens with one attached hydrogen (secondary N) is 1. The number of carboxylic acid groups (broad SMARTS) is 1. The Kier molecular flexibility index (Phi) is 5.79. The summed E-state index contributed by atoms with van der Waals surface area (Å²) in [5.74, 6) is -0.0143. The molecule has 1 heterocycles. The zero-order chi connectivity index (χ0) is 15.3. The van der Waals surface area contributed by atoms with Crippen LogP contribution >= 0.6 is 11.3 Å². The lowest BCUT2D eigenvalue weighted by Crippen LogP contribution is -2.43. The van der Waals surface area contributed by atoms with Crippen molar-refractivity contribution in [2.24, 2.45) is 5.92 Å². The topological polar surface area (TPSA) is 69.6 Å². The third-order valence-corrected chi connectivity index (χ3v) is 5.49. The molecule has 0 bridgehead atoms. The van der Waals surface area contributed by atoms with Crippen molar-refractivity contribution in [3.8, 4) is 0 Å². The Morgan fingerprint density at radius 3 is 2.67 bits per heavy atom. The summed E-state index contributed by atoms with van der Waals surface area (Å²) in [5.41, 5.74) is -0.563. The molecule has 21 heavy (non-hydrogen) atoms. The third kappa shape index (κ3) is 5.09. The van der Waals surface area contributed by atoms with Gasteiger partial charge in [-0.3, -0.25) is 4.79 Å². The molecular weight excluding hydrogens is 286 g/mol. The summed E-state index contributed by atoms with van der Waals surface area (Å²) in [5, 5.41) is 22.6. The molecule has 5 heteroatoms. The zero-order valence-electron chi connectivity index (χ0n) is 12.6. The molecule has 1 aliphatic carbocycles. The molecule has 0 saturated heterocycles. The molecule has 0 radical (unpaired) electrons. The largest absolute Gasteiger partial charge is 0.481 e. The molecule has 1 fully saturated rings. The van der Waals surface area contributed by atoms with Crippen molar-refractivity contribution in [3.63, 3.8) is 0 Å². The van der Waals surface area contributed by atoms with E-state index in [0.29, 0.717) is 13.1 Å². The van der Waals surface area contributed by atoms with E-state index in [0.717, 1.165) is 41.4 Å². The molecule has 0 aromatic carbocycles. The Bertz CT molecular complexity index is 464. The van der Waals surface area contributed by atoms with Crippen molar-refractivity contribution in [1.29, 1.82) is 0 Å². The lowest BCUT2D eigenvalue weighted by atomic mass is 9.78. The highest BCUT2D eigenvalue weighted by molar-refractivity contribution is 7.12. The van der Waals surface area contributed by atoms with Crippen molar-refractivity contribution in [1.82, 2.24) is 5.32 Å². The maximum absolute atomic E-state index is 10.6. The number of aliphatic carboxylic acids is 1. The van der Waals surface area contributed by atoms with E-state index in [4.69, 9.17) is 5.11 Å². The van der Waals surface area contributed by atoms with Crippen LogP contribution in [0.4, 0.5) is 0 Å². The minimum Gasteiger partial charge on any atom is -0.481 e. The molecule has 1 saturated carbocycles. The lowest BCUT2D eigenvalue weighted by molar-refractivity contribution is -0.136. The third-order valence-electron chi connectivity index (χ3n) is 4.41. The van der Waals surface area contributed by atoms with Gasteiger partial charge in [0, 0.05) is 22.8 Å². The second kappa shape index (κ2) is 7.38. The quantitative estimate of drug-likeness (QED) is 0.724. The predicted octanol–water partition coefficient (Wildman–Crippen LogP) is 2.80. The van der Waals surface area contributed by atoms with Gasteiger partial charge in [-0.05, 0) is 43.7 Å². The average Bonchev–Trinajstić information content (AvgIpc) is 2.86. The number of aliphatic hydroxyl groups is 1. The van der Waals surface area contributed by atoms with Gasteiger partial charge >= 0.3 is 5.97 Å². The lowest BCUT2D eigenvalue weighted by Gasteiger charge is -2.36. The molecule has 1 aromatic rings. The first-order valence-corrected chi connectivity index (χ1v) is 8.55. The highest BCUT2D eigenvalue weighted by atomic mass is 32.1. The molecule has 4 nitrogen and oxygen atoms in total. The maximum atomic E-state index is 10.6. The fourth-order valence-electron chi connectivity index (χ4n) is 2.98. The van der Waals surface area contributed by atoms with Crippen LogP contribution in [0.5, 0.6) is 0 Å². The van der Waals surface area contributed by atoms with Crippen LogP contribution in [0.3, 0.4) is 0 Å². The van der Waals surface area contributed by atoms with Crippen LogP contribution < -0.4 is 5.32 Å². The first-order valence-electron chi connectivity index (χ1n) is 7.73. The van der Waals surface area contributed by atoms with Crippen LogP contribution in [0.25, 0.3) is 0 Å². The van der Waals surface area contributed by atoms with Crippen LogP contribution in [0.15, 0.2) is 12.1 Å². The molecule has 2 rings (SSSR count). The standard InChI is InChI=1S/C16H25NO3S/c1-2-12-5-7-16(20,8-6-12)11-17-10-14-4-3-13(21-14)9-15(18)19/h3-4,12,17,20H,2,5-11H2,1H3,(H,18,19). The second-order valence-electron chi connectivity index (χ2n) is 6.12. The van der Waals surface area contributed by atoms with Crippen molar-refractivity contribution in [2.45, 2.75) is 57.6 Å². The van der Waals surface area contributed by atoms with Crippen molar-refractivity contribution >= 4 is 17.3 Å². The fourth-order valence-corrected chi connectivity index (χ4v) is 3.96. The molecule has 0 atom stereocenters. The van der Waals surface area contributed by atoms with E-state index >= 15 is 0 Å². The van der Waals surface area contributed by atoms with Crippen LogP contribution in [-0.4, -0.2) is 28.3 Å². The summed E-state index contributed by atoms with van der Waals surface area (Å²) in [4.78, 5) is 12.6. The van der Waals surface area contributed by atoms with Gasteiger partial charge in [-0.15, -0.1) is 11.3 Å². The molecular formula is C16H25NO3S. The molecule has 0 amide bonds. The summed E-state index contributed by atoms with van der Waals surface area (Å²) in [6.07, 6.45) is 5.31. The Morgan fingerprint density at radius 2 is 2.05 bits per heavy atom. The van der Waals surface area contributed by atoms with Crippen molar-refractivity contribution in [3.05, 3.63) is 21.9 Å². The number of thiophene rings is 1. The van der Waals surface area contributed by atoms with E-state index in [1.54, 1.807) is 0 Å². The van der Waals surface area contributed by atoms with Crippen LogP contribution in [0.1, 0.15) is 48.8 Å². The number of hydrogen-bond acceptors (Lipinski definition) is 4. The van der Waals surface area contributed by atoms with Crippen molar-refractivity contribution < 1.29 is 15.0 Å². The Morgan fingerprint density at radius 1 is 1.38 bits per heavy atom.